The van der Waals surface area contributed by atoms with Crippen LogP contribution in [0.25, 0.3) is 0 Å². The monoisotopic (exact) mass is 495 g/mol. The minimum Gasteiger partial charge on any atom is -0.383 e. The number of carbonyl (C=O) groups is 1. The van der Waals surface area contributed by atoms with Crippen LogP contribution in [0.15, 0.2) is 64.4 Å². The molecule has 0 aliphatic carbocycles. The van der Waals surface area contributed by atoms with E-state index in [1.807, 2.05) is 0 Å². The van der Waals surface area contributed by atoms with Crippen molar-refractivity contribution in [3.05, 3.63) is 54.6 Å². The molecular formula is C22H29N3O6S2. The molecule has 180 valence electrons. The maximum Gasteiger partial charge on any atom is 0.243 e. The molecule has 3 rings (SSSR count). The number of amides is 1. The fourth-order valence-electron chi connectivity index (χ4n) is 3.74. The van der Waals surface area contributed by atoms with E-state index < -0.39 is 38.0 Å². The Morgan fingerprint density at radius 3 is 2.33 bits per heavy atom. The summed E-state index contributed by atoms with van der Waals surface area (Å²) >= 11 is 0. The van der Waals surface area contributed by atoms with Gasteiger partial charge in [0.15, 0.2) is 0 Å². The number of methoxy groups -OCH3 is 1. The molecule has 1 fully saturated rings. The summed E-state index contributed by atoms with van der Waals surface area (Å²) in [5.41, 5.74) is 0.381. The highest BCUT2D eigenvalue weighted by Crippen LogP contribution is 2.26. The predicted molar refractivity (Wildman–Crippen MR) is 125 cm³/mol. The SMILES string of the molecule is COC[C@H](C)NS(=O)(=O)c1ccc(NC(=O)[C@@H]2CCCCN2S(=O)(=O)c2ccccc2)cc1. The first-order valence-corrected chi connectivity index (χ1v) is 13.6. The summed E-state index contributed by atoms with van der Waals surface area (Å²) in [6.45, 7) is 2.18. The van der Waals surface area contributed by atoms with Gasteiger partial charge in [-0.2, -0.15) is 4.31 Å². The average molecular weight is 496 g/mol. The molecule has 0 aromatic heterocycles. The second-order valence-corrected chi connectivity index (χ2v) is 11.5. The molecule has 2 aromatic rings. The van der Waals surface area contributed by atoms with Crippen molar-refractivity contribution in [2.45, 2.75) is 48.1 Å². The van der Waals surface area contributed by atoms with E-state index in [0.29, 0.717) is 18.5 Å². The Bertz CT molecular complexity index is 1150. The number of benzene rings is 2. The van der Waals surface area contributed by atoms with Gasteiger partial charge in [0.25, 0.3) is 0 Å². The highest BCUT2D eigenvalue weighted by Gasteiger charge is 2.37. The molecule has 0 saturated carbocycles. The van der Waals surface area contributed by atoms with E-state index in [1.165, 1.54) is 47.8 Å². The molecule has 1 saturated heterocycles. The van der Waals surface area contributed by atoms with Gasteiger partial charge in [0.1, 0.15) is 6.04 Å². The standard InChI is InChI=1S/C22H29N3O6S2/c1-17(16-31-2)24-32(27,28)19-13-11-18(12-14-19)23-22(26)21-10-6-7-15-25(21)33(29,30)20-8-4-3-5-9-20/h3-5,8-9,11-14,17,21,24H,6-7,10,15-16H2,1-2H3,(H,23,26)/t17-,21-/m0/s1. The molecule has 2 N–H and O–H groups in total. The third-order valence-corrected chi connectivity index (χ3v) is 8.84. The zero-order chi connectivity index (χ0) is 24.1. The maximum absolute atomic E-state index is 13.1. The molecule has 9 nitrogen and oxygen atoms in total. The Morgan fingerprint density at radius 2 is 1.70 bits per heavy atom. The highest BCUT2D eigenvalue weighted by molar-refractivity contribution is 7.89. The molecular weight excluding hydrogens is 466 g/mol. The highest BCUT2D eigenvalue weighted by atomic mass is 32.2. The Labute approximate surface area is 195 Å². The van der Waals surface area contributed by atoms with Gasteiger partial charge < -0.3 is 10.1 Å². The first-order valence-electron chi connectivity index (χ1n) is 10.6. The summed E-state index contributed by atoms with van der Waals surface area (Å²) in [4.78, 5) is 13.2. The quantitative estimate of drug-likeness (QED) is 0.550. The van der Waals surface area contributed by atoms with Crippen molar-refractivity contribution >= 4 is 31.6 Å². The molecule has 33 heavy (non-hydrogen) atoms. The topological polar surface area (TPSA) is 122 Å². The summed E-state index contributed by atoms with van der Waals surface area (Å²) in [6, 6.07) is 12.5. The van der Waals surface area contributed by atoms with Gasteiger partial charge in [0.05, 0.1) is 16.4 Å². The summed E-state index contributed by atoms with van der Waals surface area (Å²) in [7, 11) is -6.07. The van der Waals surface area contributed by atoms with E-state index in [1.54, 1.807) is 25.1 Å². The van der Waals surface area contributed by atoms with Crippen molar-refractivity contribution in [2.75, 3.05) is 25.6 Å². The van der Waals surface area contributed by atoms with Crippen molar-refractivity contribution < 1.29 is 26.4 Å². The zero-order valence-corrected chi connectivity index (χ0v) is 20.2. The lowest BCUT2D eigenvalue weighted by atomic mass is 10.0. The zero-order valence-electron chi connectivity index (χ0n) is 18.6. The van der Waals surface area contributed by atoms with E-state index in [0.717, 1.165) is 6.42 Å². The largest absolute Gasteiger partial charge is 0.383 e. The fourth-order valence-corrected chi connectivity index (χ4v) is 6.65. The lowest BCUT2D eigenvalue weighted by Gasteiger charge is -2.33. The van der Waals surface area contributed by atoms with E-state index >= 15 is 0 Å². The lowest BCUT2D eigenvalue weighted by Crippen LogP contribution is -2.49. The Balaban J connectivity index is 1.73. The number of hydrogen-bond acceptors (Lipinski definition) is 6. The molecule has 0 unspecified atom stereocenters. The van der Waals surface area contributed by atoms with Crippen LogP contribution in [0.5, 0.6) is 0 Å². The summed E-state index contributed by atoms with van der Waals surface area (Å²) in [5, 5.41) is 2.72. The van der Waals surface area contributed by atoms with E-state index in [9.17, 15) is 21.6 Å². The summed E-state index contributed by atoms with van der Waals surface area (Å²) in [5.74, 6) is -0.448. The van der Waals surface area contributed by atoms with Crippen LogP contribution in [-0.2, 0) is 29.6 Å². The van der Waals surface area contributed by atoms with Crippen LogP contribution in [0.1, 0.15) is 26.2 Å². The average Bonchev–Trinajstić information content (AvgIpc) is 2.80. The van der Waals surface area contributed by atoms with Gasteiger partial charge in [-0.05, 0) is 56.2 Å². The second-order valence-electron chi connectivity index (χ2n) is 7.93. The van der Waals surface area contributed by atoms with Crippen LogP contribution < -0.4 is 10.0 Å². The van der Waals surface area contributed by atoms with Gasteiger partial charge in [0, 0.05) is 25.4 Å². The van der Waals surface area contributed by atoms with E-state index in [2.05, 4.69) is 10.0 Å². The number of hydrogen-bond donors (Lipinski definition) is 2. The number of piperidine rings is 1. The third-order valence-electron chi connectivity index (χ3n) is 5.31. The third kappa shape index (κ3) is 6.18. The van der Waals surface area contributed by atoms with Crippen LogP contribution >= 0.6 is 0 Å². The van der Waals surface area contributed by atoms with Crippen molar-refractivity contribution in [3.8, 4) is 0 Å². The van der Waals surface area contributed by atoms with Gasteiger partial charge in [-0.25, -0.2) is 21.6 Å². The molecule has 1 heterocycles. The van der Waals surface area contributed by atoms with Gasteiger partial charge in [-0.1, -0.05) is 24.6 Å². The minimum atomic E-state index is -3.82. The number of nitrogens with one attached hydrogen (secondary N) is 2. The molecule has 2 aromatic carbocycles. The number of rotatable bonds is 9. The first-order chi connectivity index (χ1) is 15.6. The van der Waals surface area contributed by atoms with Gasteiger partial charge in [-0.3, -0.25) is 4.79 Å². The Kier molecular flexibility index (Phi) is 8.24. The van der Waals surface area contributed by atoms with E-state index in [4.69, 9.17) is 4.74 Å². The molecule has 1 aliphatic heterocycles. The first kappa shape index (κ1) is 25.3. The molecule has 2 atom stereocenters. The summed E-state index contributed by atoms with van der Waals surface area (Å²) < 4.78 is 59.8. The number of carbonyl (C=O) groups excluding carboxylic acids is 1. The Morgan fingerprint density at radius 1 is 1.03 bits per heavy atom. The second kappa shape index (κ2) is 10.7. The van der Waals surface area contributed by atoms with Crippen molar-refractivity contribution in [2.24, 2.45) is 0 Å². The van der Waals surface area contributed by atoms with Crippen LogP contribution in [0, 0.1) is 0 Å². The smallest absolute Gasteiger partial charge is 0.243 e. The Hall–Kier alpha value is -2.31. The van der Waals surface area contributed by atoms with Crippen molar-refractivity contribution in [1.29, 1.82) is 0 Å². The number of nitrogens with zero attached hydrogens (tertiary/aromatic N) is 1. The normalized spacial score (nSPS) is 18.5. The number of anilines is 1. The number of ether oxygens (including phenoxy) is 1. The van der Waals surface area contributed by atoms with Crippen LogP contribution in [0.2, 0.25) is 0 Å². The lowest BCUT2D eigenvalue weighted by molar-refractivity contribution is -0.120. The van der Waals surface area contributed by atoms with Gasteiger partial charge in [0.2, 0.25) is 26.0 Å². The van der Waals surface area contributed by atoms with Crippen LogP contribution in [-0.4, -0.2) is 59.4 Å². The number of sulfonamides is 2. The maximum atomic E-state index is 13.1. The summed E-state index contributed by atoms with van der Waals surface area (Å²) in [6.07, 6.45) is 1.82. The molecule has 0 radical (unpaired) electrons. The minimum absolute atomic E-state index is 0.0504. The predicted octanol–water partition coefficient (Wildman–Crippen LogP) is 2.18. The van der Waals surface area contributed by atoms with Gasteiger partial charge >= 0.3 is 0 Å². The van der Waals surface area contributed by atoms with Crippen molar-refractivity contribution in [1.82, 2.24) is 9.03 Å². The van der Waals surface area contributed by atoms with E-state index in [-0.39, 0.29) is 22.9 Å². The fraction of sp³-hybridized carbons (Fsp3) is 0.409. The van der Waals surface area contributed by atoms with Crippen LogP contribution in [0.3, 0.4) is 0 Å². The van der Waals surface area contributed by atoms with Gasteiger partial charge in [-0.15, -0.1) is 0 Å². The van der Waals surface area contributed by atoms with Crippen molar-refractivity contribution in [3.63, 3.8) is 0 Å². The molecule has 1 aliphatic rings. The molecule has 1 amide bonds. The van der Waals surface area contributed by atoms with Crippen LogP contribution in [0.4, 0.5) is 5.69 Å². The molecule has 11 heteroatoms. The molecule has 0 spiro atoms. The molecule has 0 bridgehead atoms.